The van der Waals surface area contributed by atoms with Crippen molar-refractivity contribution in [2.45, 2.75) is 40.8 Å². The van der Waals surface area contributed by atoms with Crippen molar-refractivity contribution in [2.75, 3.05) is 13.1 Å². The Balaban J connectivity index is 0. The van der Waals surface area contributed by atoms with E-state index in [1.807, 2.05) is 30.3 Å². The van der Waals surface area contributed by atoms with Gasteiger partial charge in [-0.25, -0.2) is 12.1 Å². The summed E-state index contributed by atoms with van der Waals surface area (Å²) >= 11 is 0. The van der Waals surface area contributed by atoms with Crippen LogP contribution in [0.1, 0.15) is 33.4 Å². The molecule has 4 nitrogen and oxygen atoms in total. The fourth-order valence-corrected chi connectivity index (χ4v) is 3.66. The molecule has 2 radical (unpaired) electrons. The maximum absolute atomic E-state index is 7.50. The Kier molecular flexibility index (Phi) is 20.1. The Morgan fingerprint density at radius 1 is 0.794 bits per heavy atom. The second-order valence-corrected chi connectivity index (χ2v) is 7.77. The maximum Gasteiger partial charge on any atom is 2.00 e. The minimum absolute atomic E-state index is 0. The first-order valence-corrected chi connectivity index (χ1v) is 10.5. The van der Waals surface area contributed by atoms with Crippen LogP contribution >= 0.6 is 0 Å². The van der Waals surface area contributed by atoms with Gasteiger partial charge in [-0.05, 0) is 49.9 Å². The SMILES string of the molecule is Cc1ccc(CN2[C]N(Cc3c(C)cc(C)cc3C)CC2)cc1.[C-]#[O+].[C-]#[O+].[Fe+2].[I-].c1cc[cH-]c1. The predicted molar refractivity (Wildman–Crippen MR) is 126 cm³/mol. The average Bonchev–Trinajstić information content (AvgIpc) is 3.51. The van der Waals surface area contributed by atoms with E-state index in [0.29, 0.717) is 0 Å². The van der Waals surface area contributed by atoms with E-state index in [1.165, 1.54) is 33.4 Å². The van der Waals surface area contributed by atoms with Crippen LogP contribution in [-0.2, 0) is 39.5 Å². The molecule has 34 heavy (non-hydrogen) atoms. The molecule has 0 spiro atoms. The van der Waals surface area contributed by atoms with Crippen LogP contribution in [0.3, 0.4) is 0 Å². The van der Waals surface area contributed by atoms with E-state index in [1.54, 1.807) is 0 Å². The number of hydrogen-bond donors (Lipinski definition) is 0. The molecular formula is C28H31FeIN2O2. The van der Waals surface area contributed by atoms with Crippen molar-refractivity contribution in [3.63, 3.8) is 0 Å². The maximum atomic E-state index is 7.50. The smallest absolute Gasteiger partial charge is 1.00 e. The Hall–Kier alpha value is -1.56. The van der Waals surface area contributed by atoms with E-state index in [-0.39, 0.29) is 41.0 Å². The molecule has 0 aromatic heterocycles. The first-order valence-electron chi connectivity index (χ1n) is 10.5. The van der Waals surface area contributed by atoms with Crippen molar-refractivity contribution in [1.82, 2.24) is 9.80 Å². The Labute approximate surface area is 233 Å². The summed E-state index contributed by atoms with van der Waals surface area (Å²) in [6, 6.07) is 23.4. The Bertz CT molecular complexity index is 907. The van der Waals surface area contributed by atoms with E-state index in [0.717, 1.165) is 26.2 Å². The van der Waals surface area contributed by atoms with Gasteiger partial charge in [-0.15, -0.1) is 0 Å². The molecule has 0 amide bonds. The van der Waals surface area contributed by atoms with E-state index >= 15 is 0 Å². The van der Waals surface area contributed by atoms with Crippen molar-refractivity contribution < 1.29 is 50.3 Å². The van der Waals surface area contributed by atoms with E-state index in [9.17, 15) is 0 Å². The van der Waals surface area contributed by atoms with Gasteiger partial charge in [-0.2, -0.15) is 18.2 Å². The second-order valence-electron chi connectivity index (χ2n) is 7.77. The normalized spacial score (nSPS) is 12.2. The van der Waals surface area contributed by atoms with E-state index in [4.69, 9.17) is 9.30 Å². The molecular weight excluding hydrogens is 579 g/mol. The summed E-state index contributed by atoms with van der Waals surface area (Å²) in [6.07, 6.45) is 0. The third-order valence-corrected chi connectivity index (χ3v) is 5.16. The topological polar surface area (TPSA) is 46.3 Å². The first-order chi connectivity index (χ1) is 15.5. The molecule has 0 atom stereocenters. The molecule has 3 aromatic rings. The molecule has 0 bridgehead atoms. The third-order valence-electron chi connectivity index (χ3n) is 5.16. The van der Waals surface area contributed by atoms with Gasteiger partial charge in [0.05, 0.1) is 0 Å². The number of benzene rings is 2. The molecule has 1 aliphatic heterocycles. The Morgan fingerprint density at radius 2 is 1.26 bits per heavy atom. The molecule has 1 fully saturated rings. The van der Waals surface area contributed by atoms with Gasteiger partial charge >= 0.3 is 39.7 Å². The molecule has 0 N–H and O–H groups in total. The number of nitrogens with zero attached hydrogens (tertiary/aromatic N) is 2. The van der Waals surface area contributed by atoms with Crippen LogP contribution in [0.15, 0.2) is 66.7 Å². The largest absolute Gasteiger partial charge is 2.00 e. The minimum atomic E-state index is 0. The van der Waals surface area contributed by atoms with Gasteiger partial charge in [-0.1, -0.05) is 47.5 Å². The van der Waals surface area contributed by atoms with Crippen LogP contribution < -0.4 is 24.0 Å². The predicted octanol–water partition coefficient (Wildman–Crippen LogP) is 2.57. The van der Waals surface area contributed by atoms with Crippen LogP contribution in [0.4, 0.5) is 0 Å². The molecule has 0 aliphatic carbocycles. The summed E-state index contributed by atoms with van der Waals surface area (Å²) in [7, 11) is 0. The minimum Gasteiger partial charge on any atom is -1.00 e. The van der Waals surface area contributed by atoms with Crippen molar-refractivity contribution in [3.05, 3.63) is 120 Å². The number of rotatable bonds is 4. The van der Waals surface area contributed by atoms with E-state index in [2.05, 4.69) is 93.9 Å². The molecule has 6 heteroatoms. The summed E-state index contributed by atoms with van der Waals surface area (Å²) in [5.74, 6) is 0. The van der Waals surface area contributed by atoms with E-state index < -0.39 is 0 Å². The van der Waals surface area contributed by atoms with Crippen molar-refractivity contribution in [2.24, 2.45) is 0 Å². The average molecular weight is 610 g/mol. The van der Waals surface area contributed by atoms with Gasteiger partial charge in [0.1, 0.15) is 6.67 Å². The van der Waals surface area contributed by atoms with Crippen molar-refractivity contribution in [1.29, 1.82) is 0 Å². The van der Waals surface area contributed by atoms with Crippen LogP contribution in [0, 0.1) is 47.7 Å². The Morgan fingerprint density at radius 3 is 1.71 bits per heavy atom. The fourth-order valence-electron chi connectivity index (χ4n) is 3.66. The molecule has 180 valence electrons. The summed E-state index contributed by atoms with van der Waals surface area (Å²) in [5, 5.41) is 0. The monoisotopic (exact) mass is 610 g/mol. The summed E-state index contributed by atoms with van der Waals surface area (Å²) in [4.78, 5) is 4.61. The van der Waals surface area contributed by atoms with Gasteiger partial charge in [0.2, 0.25) is 0 Å². The van der Waals surface area contributed by atoms with Crippen molar-refractivity contribution in [3.8, 4) is 0 Å². The molecule has 4 rings (SSSR count). The molecule has 3 aromatic carbocycles. The number of hydrogen-bond acceptors (Lipinski definition) is 2. The van der Waals surface area contributed by atoms with Gasteiger partial charge in [0.25, 0.3) is 0 Å². The first kappa shape index (κ1) is 34.6. The zero-order valence-electron chi connectivity index (χ0n) is 20.1. The summed E-state index contributed by atoms with van der Waals surface area (Å²) in [5.41, 5.74) is 8.24. The zero-order valence-corrected chi connectivity index (χ0v) is 23.4. The van der Waals surface area contributed by atoms with Gasteiger partial charge in [0, 0.05) is 26.2 Å². The van der Waals surface area contributed by atoms with Crippen LogP contribution in [0.25, 0.3) is 0 Å². The molecule has 1 aliphatic rings. The number of aryl methyl sites for hydroxylation is 4. The standard InChI is InChI=1S/C21H26N2.C5H5.2CO.Fe.HI/c1-16-5-7-20(8-6-16)13-22-9-10-23(15-22)14-21-18(3)11-17(2)12-19(21)4;1-2-4-5-3-1;2*1-2;;/h5-8,11-12H,9-10,13-14H2,1-4H3;1-5H;;;;1H/q;-1;;;+2;/p-1. The van der Waals surface area contributed by atoms with Gasteiger partial charge < -0.3 is 24.0 Å². The van der Waals surface area contributed by atoms with Crippen LogP contribution in [0.2, 0.25) is 0 Å². The van der Waals surface area contributed by atoms with Crippen LogP contribution in [-0.4, -0.2) is 22.9 Å². The molecule has 1 heterocycles. The molecule has 0 unspecified atom stereocenters. The van der Waals surface area contributed by atoms with Crippen LogP contribution in [0.5, 0.6) is 0 Å². The summed E-state index contributed by atoms with van der Waals surface area (Å²) in [6.45, 7) is 25.3. The quantitative estimate of drug-likeness (QED) is 0.198. The summed E-state index contributed by atoms with van der Waals surface area (Å²) < 4.78 is 15.0. The van der Waals surface area contributed by atoms with Crippen molar-refractivity contribution >= 4 is 0 Å². The third kappa shape index (κ3) is 12.2. The molecule has 0 saturated carbocycles. The second kappa shape index (κ2) is 19.7. The fraction of sp³-hybridized carbons (Fsp3) is 0.286. The number of halogens is 1. The zero-order chi connectivity index (χ0) is 23.9. The molecule has 1 saturated heterocycles. The van der Waals surface area contributed by atoms with Gasteiger partial charge in [-0.3, -0.25) is 9.80 Å². The van der Waals surface area contributed by atoms with Gasteiger partial charge in [0.15, 0.2) is 0 Å².